The highest BCUT2D eigenvalue weighted by Crippen LogP contribution is 2.31. The first-order valence-corrected chi connectivity index (χ1v) is 10.9. The summed E-state index contributed by atoms with van der Waals surface area (Å²) in [6, 6.07) is 10.9. The molecule has 3 aromatic rings. The Balaban J connectivity index is 1.50. The van der Waals surface area contributed by atoms with E-state index in [1.54, 1.807) is 46.6 Å². The normalized spacial score (nSPS) is 14.1. The van der Waals surface area contributed by atoms with Crippen LogP contribution in [0.25, 0.3) is 11.3 Å². The number of hydrogen-bond donors (Lipinski definition) is 0. The van der Waals surface area contributed by atoms with Crippen molar-refractivity contribution in [3.63, 3.8) is 0 Å². The third-order valence-electron chi connectivity index (χ3n) is 4.71. The van der Waals surface area contributed by atoms with E-state index in [0.29, 0.717) is 24.3 Å². The van der Waals surface area contributed by atoms with Crippen molar-refractivity contribution >= 4 is 29.0 Å². The molecule has 1 aliphatic heterocycles. The van der Waals surface area contributed by atoms with Crippen molar-refractivity contribution < 1.29 is 18.0 Å². The zero-order valence-electron chi connectivity index (χ0n) is 15.4. The highest BCUT2D eigenvalue weighted by molar-refractivity contribution is 7.99. The Kier molecular flexibility index (Phi) is 5.69. The molecule has 0 saturated carbocycles. The number of benzene rings is 1. The van der Waals surface area contributed by atoms with Gasteiger partial charge in [-0.2, -0.15) is 13.2 Å². The van der Waals surface area contributed by atoms with Gasteiger partial charge in [-0.1, -0.05) is 42.1 Å². The Morgan fingerprint density at radius 3 is 2.76 bits per heavy atom. The quantitative estimate of drug-likeness (QED) is 0.536. The van der Waals surface area contributed by atoms with Gasteiger partial charge in [0.2, 0.25) is 5.91 Å². The molecule has 0 aliphatic carbocycles. The summed E-state index contributed by atoms with van der Waals surface area (Å²) in [7, 11) is 0. The highest BCUT2D eigenvalue weighted by atomic mass is 32.2. The standard InChI is InChI=1S/C20H18F3N3OS2/c21-20(22,23)13-26-16(14-4-2-1-3-5-14)10-24-19(26)29-12-18(27)25-8-6-17-15(11-25)7-9-28-17/h1-5,7,9-10H,6,8,11-13H2. The van der Waals surface area contributed by atoms with Crippen molar-refractivity contribution in [1.29, 1.82) is 0 Å². The van der Waals surface area contributed by atoms with Crippen LogP contribution in [0.15, 0.2) is 53.1 Å². The molecule has 0 spiro atoms. The Hall–Kier alpha value is -2.26. The van der Waals surface area contributed by atoms with Gasteiger partial charge in [-0.15, -0.1) is 11.3 Å². The first kappa shape index (κ1) is 20.0. The largest absolute Gasteiger partial charge is 0.406 e. The number of thioether (sulfide) groups is 1. The van der Waals surface area contributed by atoms with Crippen LogP contribution >= 0.6 is 23.1 Å². The van der Waals surface area contributed by atoms with Gasteiger partial charge in [0.25, 0.3) is 0 Å². The number of hydrogen-bond acceptors (Lipinski definition) is 4. The van der Waals surface area contributed by atoms with Crippen molar-refractivity contribution in [3.8, 4) is 11.3 Å². The minimum atomic E-state index is -4.38. The minimum Gasteiger partial charge on any atom is -0.337 e. The van der Waals surface area contributed by atoms with Crippen LogP contribution in [-0.2, 0) is 24.3 Å². The molecular formula is C20H18F3N3OS2. The van der Waals surface area contributed by atoms with Gasteiger partial charge in [-0.25, -0.2) is 4.98 Å². The number of fused-ring (bicyclic) bond motifs is 1. The fraction of sp³-hybridized carbons (Fsp3) is 0.300. The smallest absolute Gasteiger partial charge is 0.337 e. The monoisotopic (exact) mass is 437 g/mol. The summed E-state index contributed by atoms with van der Waals surface area (Å²) in [6.07, 6.45) is -2.12. The van der Waals surface area contributed by atoms with Gasteiger partial charge in [0, 0.05) is 18.0 Å². The Morgan fingerprint density at radius 1 is 1.21 bits per heavy atom. The summed E-state index contributed by atoms with van der Waals surface area (Å²) in [5.41, 5.74) is 2.20. The van der Waals surface area contributed by atoms with Crippen LogP contribution in [0.5, 0.6) is 0 Å². The number of thiophene rings is 1. The first-order valence-electron chi connectivity index (χ1n) is 9.04. The minimum absolute atomic E-state index is 0.0581. The van der Waals surface area contributed by atoms with E-state index in [-0.39, 0.29) is 16.8 Å². The third kappa shape index (κ3) is 4.67. The fourth-order valence-corrected chi connectivity index (χ4v) is 5.10. The molecule has 0 fully saturated rings. The summed E-state index contributed by atoms with van der Waals surface area (Å²) in [5, 5.41) is 2.22. The molecule has 4 rings (SSSR count). The lowest BCUT2D eigenvalue weighted by Gasteiger charge is -2.27. The van der Waals surface area contributed by atoms with Gasteiger partial charge in [-0.05, 0) is 29.0 Å². The zero-order valence-corrected chi connectivity index (χ0v) is 17.0. The van der Waals surface area contributed by atoms with Crippen LogP contribution in [0, 0.1) is 0 Å². The van der Waals surface area contributed by atoms with Gasteiger partial charge < -0.3 is 9.47 Å². The molecule has 0 radical (unpaired) electrons. The van der Waals surface area contributed by atoms with E-state index in [1.807, 2.05) is 11.4 Å². The van der Waals surface area contributed by atoms with Crippen LogP contribution in [0.1, 0.15) is 10.4 Å². The molecular weight excluding hydrogens is 419 g/mol. The molecule has 152 valence electrons. The van der Waals surface area contributed by atoms with Crippen molar-refractivity contribution in [1.82, 2.24) is 14.5 Å². The van der Waals surface area contributed by atoms with Gasteiger partial charge in [-0.3, -0.25) is 4.79 Å². The lowest BCUT2D eigenvalue weighted by Crippen LogP contribution is -2.36. The molecule has 0 saturated heterocycles. The maximum Gasteiger partial charge on any atom is 0.406 e. The Labute approximate surface area is 174 Å². The summed E-state index contributed by atoms with van der Waals surface area (Å²) in [4.78, 5) is 19.9. The van der Waals surface area contributed by atoms with E-state index in [2.05, 4.69) is 4.98 Å². The van der Waals surface area contributed by atoms with Gasteiger partial charge in [0.05, 0.1) is 17.6 Å². The molecule has 0 atom stereocenters. The number of halogens is 3. The van der Waals surface area contributed by atoms with Gasteiger partial charge in [0.1, 0.15) is 6.54 Å². The average Bonchev–Trinajstić information content (AvgIpc) is 3.32. The number of alkyl halides is 3. The second kappa shape index (κ2) is 8.23. The van der Waals surface area contributed by atoms with Crippen molar-refractivity contribution in [2.75, 3.05) is 12.3 Å². The third-order valence-corrected chi connectivity index (χ3v) is 6.71. The van der Waals surface area contributed by atoms with Crippen molar-refractivity contribution in [3.05, 3.63) is 58.4 Å². The molecule has 0 bridgehead atoms. The second-order valence-corrected chi connectivity index (χ2v) is 8.66. The number of nitrogens with zero attached hydrogens (tertiary/aromatic N) is 3. The topological polar surface area (TPSA) is 38.1 Å². The average molecular weight is 438 g/mol. The SMILES string of the molecule is O=C(CSc1ncc(-c2ccccc2)n1CC(F)(F)F)N1CCc2sccc2C1. The first-order chi connectivity index (χ1) is 13.9. The molecule has 9 heteroatoms. The van der Waals surface area contributed by atoms with E-state index in [4.69, 9.17) is 0 Å². The van der Waals surface area contributed by atoms with Crippen LogP contribution in [0.4, 0.5) is 13.2 Å². The number of imidazole rings is 1. The van der Waals surface area contributed by atoms with E-state index < -0.39 is 12.7 Å². The van der Waals surface area contributed by atoms with E-state index in [0.717, 1.165) is 28.3 Å². The van der Waals surface area contributed by atoms with E-state index in [1.165, 1.54) is 11.1 Å². The Morgan fingerprint density at radius 2 is 2.00 bits per heavy atom. The van der Waals surface area contributed by atoms with Crippen LogP contribution in [0.3, 0.4) is 0 Å². The fourth-order valence-electron chi connectivity index (χ4n) is 3.32. The summed E-state index contributed by atoms with van der Waals surface area (Å²) >= 11 is 2.75. The van der Waals surface area contributed by atoms with Gasteiger partial charge >= 0.3 is 6.18 Å². The molecule has 29 heavy (non-hydrogen) atoms. The maximum absolute atomic E-state index is 13.2. The lowest BCUT2D eigenvalue weighted by molar-refractivity contribution is -0.141. The summed E-state index contributed by atoms with van der Waals surface area (Å²) < 4.78 is 40.6. The van der Waals surface area contributed by atoms with E-state index >= 15 is 0 Å². The molecule has 3 heterocycles. The predicted octanol–water partition coefficient (Wildman–Crippen LogP) is 4.85. The summed E-state index contributed by atoms with van der Waals surface area (Å²) in [6.45, 7) is 0.0549. The molecule has 2 aromatic heterocycles. The highest BCUT2D eigenvalue weighted by Gasteiger charge is 2.31. The number of aromatic nitrogens is 2. The Bertz CT molecular complexity index is 998. The second-order valence-electron chi connectivity index (χ2n) is 6.72. The molecule has 1 amide bonds. The van der Waals surface area contributed by atoms with Crippen molar-refractivity contribution in [2.24, 2.45) is 0 Å². The molecule has 1 aliphatic rings. The van der Waals surface area contributed by atoms with E-state index in [9.17, 15) is 18.0 Å². The molecule has 0 N–H and O–H groups in total. The predicted molar refractivity (Wildman–Crippen MR) is 108 cm³/mol. The molecule has 1 aromatic carbocycles. The zero-order chi connectivity index (χ0) is 20.4. The van der Waals surface area contributed by atoms with Gasteiger partial charge in [0.15, 0.2) is 5.16 Å². The number of carbonyl (C=O) groups is 1. The van der Waals surface area contributed by atoms with Crippen LogP contribution < -0.4 is 0 Å². The lowest BCUT2D eigenvalue weighted by atomic mass is 10.1. The van der Waals surface area contributed by atoms with Crippen LogP contribution in [-0.4, -0.2) is 38.8 Å². The van der Waals surface area contributed by atoms with Crippen molar-refractivity contribution in [2.45, 2.75) is 30.8 Å². The van der Waals surface area contributed by atoms with Crippen LogP contribution in [0.2, 0.25) is 0 Å². The number of amides is 1. The number of rotatable bonds is 5. The molecule has 4 nitrogen and oxygen atoms in total. The molecule has 0 unspecified atom stereocenters. The summed E-state index contributed by atoms with van der Waals surface area (Å²) in [5.74, 6) is -0.0302. The maximum atomic E-state index is 13.2. The number of carbonyl (C=O) groups excluding carboxylic acids is 1.